The van der Waals surface area contributed by atoms with Crippen LogP contribution in [-0.4, -0.2) is 42.9 Å². The van der Waals surface area contributed by atoms with E-state index < -0.39 is 5.60 Å². The number of aromatic nitrogens is 1. The molecule has 6 heteroatoms. The molecule has 1 N–H and O–H groups in total. The highest BCUT2D eigenvalue weighted by atomic mass is 16.6. The molecular weight excluding hydrogens is 330 g/mol. The third-order valence-corrected chi connectivity index (χ3v) is 4.53. The average Bonchev–Trinajstić information content (AvgIpc) is 2.60. The SMILES string of the molecule is COc1ccc(N2CCC(NC(=O)OC(C)(C)C)CC2)c2ccncc12. The normalized spacial score (nSPS) is 15.8. The second kappa shape index (κ2) is 7.40. The molecule has 1 saturated heterocycles. The van der Waals surface area contributed by atoms with E-state index >= 15 is 0 Å². The number of amides is 1. The summed E-state index contributed by atoms with van der Waals surface area (Å²) < 4.78 is 10.8. The van der Waals surface area contributed by atoms with Gasteiger partial charge in [0.15, 0.2) is 0 Å². The van der Waals surface area contributed by atoms with E-state index in [2.05, 4.69) is 21.3 Å². The fourth-order valence-electron chi connectivity index (χ4n) is 3.34. The van der Waals surface area contributed by atoms with E-state index in [0.29, 0.717) is 0 Å². The summed E-state index contributed by atoms with van der Waals surface area (Å²) in [6.45, 7) is 7.38. The number of nitrogens with one attached hydrogen (secondary N) is 1. The molecule has 0 radical (unpaired) electrons. The average molecular weight is 357 g/mol. The number of pyridine rings is 1. The molecule has 6 nitrogen and oxygen atoms in total. The zero-order valence-electron chi connectivity index (χ0n) is 15.9. The van der Waals surface area contributed by atoms with Gasteiger partial charge in [0.2, 0.25) is 0 Å². The smallest absolute Gasteiger partial charge is 0.407 e. The highest BCUT2D eigenvalue weighted by Crippen LogP contribution is 2.34. The lowest BCUT2D eigenvalue weighted by Crippen LogP contribution is -2.46. The van der Waals surface area contributed by atoms with Crippen LogP contribution < -0.4 is 15.0 Å². The Balaban J connectivity index is 1.67. The van der Waals surface area contributed by atoms with E-state index in [4.69, 9.17) is 9.47 Å². The summed E-state index contributed by atoms with van der Waals surface area (Å²) in [5.41, 5.74) is 0.708. The predicted molar refractivity (Wildman–Crippen MR) is 103 cm³/mol. The van der Waals surface area contributed by atoms with Crippen molar-refractivity contribution in [3.63, 3.8) is 0 Å². The number of piperidine rings is 1. The minimum Gasteiger partial charge on any atom is -0.496 e. The van der Waals surface area contributed by atoms with E-state index in [0.717, 1.165) is 42.5 Å². The lowest BCUT2D eigenvalue weighted by molar-refractivity contribution is 0.0497. The first kappa shape index (κ1) is 18.3. The van der Waals surface area contributed by atoms with Crippen LogP contribution in [0.1, 0.15) is 33.6 Å². The van der Waals surface area contributed by atoms with E-state index in [9.17, 15) is 4.79 Å². The van der Waals surface area contributed by atoms with Crippen LogP contribution in [0.2, 0.25) is 0 Å². The lowest BCUT2D eigenvalue weighted by atomic mass is 10.0. The van der Waals surface area contributed by atoms with Gasteiger partial charge in [-0.15, -0.1) is 0 Å². The van der Waals surface area contributed by atoms with E-state index in [-0.39, 0.29) is 12.1 Å². The Morgan fingerprint density at radius 2 is 1.92 bits per heavy atom. The molecule has 1 amide bonds. The number of methoxy groups -OCH3 is 1. The Morgan fingerprint density at radius 1 is 1.19 bits per heavy atom. The van der Waals surface area contributed by atoms with Gasteiger partial charge >= 0.3 is 6.09 Å². The van der Waals surface area contributed by atoms with Crippen molar-refractivity contribution in [3.8, 4) is 5.75 Å². The second-order valence-electron chi connectivity index (χ2n) is 7.62. The molecule has 0 atom stereocenters. The number of alkyl carbamates (subject to hydrolysis) is 1. The first-order valence-electron chi connectivity index (χ1n) is 9.02. The van der Waals surface area contributed by atoms with Gasteiger partial charge in [-0.2, -0.15) is 0 Å². The number of carbonyl (C=O) groups is 1. The Bertz CT molecular complexity index is 777. The summed E-state index contributed by atoms with van der Waals surface area (Å²) in [5.74, 6) is 0.832. The van der Waals surface area contributed by atoms with Gasteiger partial charge in [0.25, 0.3) is 0 Å². The topological polar surface area (TPSA) is 63.7 Å². The number of ether oxygens (including phenoxy) is 2. The van der Waals surface area contributed by atoms with Crippen LogP contribution in [0.3, 0.4) is 0 Å². The molecule has 3 rings (SSSR count). The van der Waals surface area contributed by atoms with Crippen molar-refractivity contribution >= 4 is 22.6 Å². The van der Waals surface area contributed by atoms with Crippen molar-refractivity contribution in [1.29, 1.82) is 0 Å². The van der Waals surface area contributed by atoms with Crippen molar-refractivity contribution < 1.29 is 14.3 Å². The molecule has 0 aliphatic carbocycles. The van der Waals surface area contributed by atoms with Crippen LogP contribution in [0, 0.1) is 0 Å². The van der Waals surface area contributed by atoms with Gasteiger partial charge in [0.05, 0.1) is 7.11 Å². The van der Waals surface area contributed by atoms with Crippen molar-refractivity contribution in [3.05, 3.63) is 30.6 Å². The maximum absolute atomic E-state index is 12.0. The third kappa shape index (κ3) is 4.18. The monoisotopic (exact) mass is 357 g/mol. The molecule has 1 aliphatic heterocycles. The number of benzene rings is 1. The van der Waals surface area contributed by atoms with Gasteiger partial charge in [0, 0.05) is 48.0 Å². The molecule has 2 aromatic rings. The van der Waals surface area contributed by atoms with Crippen LogP contribution in [0.25, 0.3) is 10.8 Å². The zero-order valence-corrected chi connectivity index (χ0v) is 15.9. The molecular formula is C20H27N3O3. The number of nitrogens with zero attached hydrogens (tertiary/aromatic N) is 2. The van der Waals surface area contributed by atoms with Crippen molar-refractivity contribution in [2.24, 2.45) is 0 Å². The van der Waals surface area contributed by atoms with Gasteiger partial charge in [-0.25, -0.2) is 4.79 Å². The van der Waals surface area contributed by atoms with Crippen molar-refractivity contribution in [1.82, 2.24) is 10.3 Å². The van der Waals surface area contributed by atoms with Crippen molar-refractivity contribution in [2.75, 3.05) is 25.1 Å². The Hall–Kier alpha value is -2.50. The molecule has 26 heavy (non-hydrogen) atoms. The summed E-state index contributed by atoms with van der Waals surface area (Å²) in [4.78, 5) is 18.5. The van der Waals surface area contributed by atoms with Gasteiger partial charge < -0.3 is 19.7 Å². The largest absolute Gasteiger partial charge is 0.496 e. The van der Waals surface area contributed by atoms with Crippen LogP contribution >= 0.6 is 0 Å². The van der Waals surface area contributed by atoms with Gasteiger partial charge in [-0.3, -0.25) is 4.98 Å². The summed E-state index contributed by atoms with van der Waals surface area (Å²) in [7, 11) is 1.68. The molecule has 140 valence electrons. The molecule has 1 aromatic heterocycles. The number of carbonyl (C=O) groups excluding carboxylic acids is 1. The molecule has 0 bridgehead atoms. The van der Waals surface area contributed by atoms with E-state index in [1.54, 1.807) is 7.11 Å². The maximum Gasteiger partial charge on any atom is 0.407 e. The quantitative estimate of drug-likeness (QED) is 0.907. The van der Waals surface area contributed by atoms with Crippen LogP contribution in [0.5, 0.6) is 5.75 Å². The Morgan fingerprint density at radius 3 is 2.58 bits per heavy atom. The Kier molecular flexibility index (Phi) is 5.20. The van der Waals surface area contributed by atoms with E-state index in [1.165, 1.54) is 5.69 Å². The van der Waals surface area contributed by atoms with Crippen LogP contribution in [-0.2, 0) is 4.74 Å². The number of anilines is 1. The number of fused-ring (bicyclic) bond motifs is 1. The number of hydrogen-bond donors (Lipinski definition) is 1. The van der Waals surface area contributed by atoms with Gasteiger partial charge in [-0.05, 0) is 51.8 Å². The van der Waals surface area contributed by atoms with E-state index in [1.807, 2.05) is 45.3 Å². The molecule has 0 saturated carbocycles. The highest BCUT2D eigenvalue weighted by Gasteiger charge is 2.24. The molecule has 2 heterocycles. The summed E-state index contributed by atoms with van der Waals surface area (Å²) in [5, 5.41) is 5.14. The first-order chi connectivity index (χ1) is 12.4. The minimum absolute atomic E-state index is 0.146. The molecule has 1 aliphatic rings. The number of rotatable bonds is 3. The van der Waals surface area contributed by atoms with Gasteiger partial charge in [-0.1, -0.05) is 0 Å². The van der Waals surface area contributed by atoms with Crippen molar-refractivity contribution in [2.45, 2.75) is 45.3 Å². The number of hydrogen-bond acceptors (Lipinski definition) is 5. The van der Waals surface area contributed by atoms with Gasteiger partial charge in [0.1, 0.15) is 11.4 Å². The standard InChI is InChI=1S/C20H27N3O3/c1-20(2,3)26-19(24)22-14-8-11-23(12-9-14)17-5-6-18(25-4)16-13-21-10-7-15(16)17/h5-7,10,13-14H,8-9,11-12H2,1-4H3,(H,22,24). The third-order valence-electron chi connectivity index (χ3n) is 4.53. The summed E-state index contributed by atoms with van der Waals surface area (Å²) in [6.07, 6.45) is 5.09. The van der Waals surface area contributed by atoms with Crippen LogP contribution in [0.4, 0.5) is 10.5 Å². The second-order valence-corrected chi connectivity index (χ2v) is 7.62. The fraction of sp³-hybridized carbons (Fsp3) is 0.500. The maximum atomic E-state index is 12.0. The summed E-state index contributed by atoms with van der Waals surface area (Å²) in [6, 6.07) is 6.26. The minimum atomic E-state index is -0.471. The van der Waals surface area contributed by atoms with Crippen LogP contribution in [0.15, 0.2) is 30.6 Å². The Labute approximate surface area is 154 Å². The summed E-state index contributed by atoms with van der Waals surface area (Å²) >= 11 is 0. The first-order valence-corrected chi connectivity index (χ1v) is 9.02. The molecule has 1 fully saturated rings. The zero-order chi connectivity index (χ0) is 18.7. The lowest BCUT2D eigenvalue weighted by Gasteiger charge is -2.35. The molecule has 0 unspecified atom stereocenters. The molecule has 1 aromatic carbocycles. The fourth-order valence-corrected chi connectivity index (χ4v) is 3.34. The molecule has 0 spiro atoms. The highest BCUT2D eigenvalue weighted by molar-refractivity contribution is 5.97. The predicted octanol–water partition coefficient (Wildman–Crippen LogP) is 3.74.